The summed E-state index contributed by atoms with van der Waals surface area (Å²) < 4.78 is 6.78. The fourth-order valence-electron chi connectivity index (χ4n) is 2.18. The minimum Gasteiger partial charge on any atom is -0.341 e. The van der Waals surface area contributed by atoms with Gasteiger partial charge in [0.1, 0.15) is 12.2 Å². The van der Waals surface area contributed by atoms with Gasteiger partial charge in [-0.1, -0.05) is 5.16 Å². The number of carbonyl (C=O) groups excluding carboxylic acids is 1. The lowest BCUT2D eigenvalue weighted by Crippen LogP contribution is -2.30. The van der Waals surface area contributed by atoms with Gasteiger partial charge in [-0.2, -0.15) is 4.98 Å². The van der Waals surface area contributed by atoms with Crippen LogP contribution in [0.5, 0.6) is 0 Å². The highest BCUT2D eigenvalue weighted by molar-refractivity contribution is 5.76. The maximum Gasteiger partial charge on any atom is 0.278 e. The van der Waals surface area contributed by atoms with Crippen molar-refractivity contribution in [1.82, 2.24) is 24.6 Å². The molecule has 100 valence electrons. The van der Waals surface area contributed by atoms with Gasteiger partial charge in [0.2, 0.25) is 5.91 Å². The summed E-state index contributed by atoms with van der Waals surface area (Å²) in [4.78, 5) is 22.2. The molecule has 1 aliphatic rings. The first-order valence-corrected chi connectivity index (χ1v) is 6.32. The highest BCUT2D eigenvalue weighted by atomic mass is 16.5. The van der Waals surface area contributed by atoms with Gasteiger partial charge < -0.3 is 14.0 Å². The molecule has 2 aromatic rings. The minimum absolute atomic E-state index is 0.128. The summed E-state index contributed by atoms with van der Waals surface area (Å²) in [5, 5.41) is 3.72. The highest BCUT2D eigenvalue weighted by Crippen LogP contribution is 2.14. The van der Waals surface area contributed by atoms with Crippen molar-refractivity contribution in [1.29, 1.82) is 0 Å². The van der Waals surface area contributed by atoms with Crippen LogP contribution in [0.25, 0.3) is 11.6 Å². The van der Waals surface area contributed by atoms with Crippen LogP contribution in [0.2, 0.25) is 0 Å². The van der Waals surface area contributed by atoms with Crippen molar-refractivity contribution in [3.8, 4) is 11.6 Å². The molecule has 2 aromatic heterocycles. The van der Waals surface area contributed by atoms with Crippen LogP contribution in [0, 0.1) is 6.92 Å². The Morgan fingerprint density at radius 3 is 2.89 bits per heavy atom. The van der Waals surface area contributed by atoms with Gasteiger partial charge in [-0.15, -0.1) is 0 Å². The molecule has 1 amide bonds. The molecule has 0 unspecified atom stereocenters. The van der Waals surface area contributed by atoms with Crippen molar-refractivity contribution in [3.05, 3.63) is 18.3 Å². The summed E-state index contributed by atoms with van der Waals surface area (Å²) in [6.45, 7) is 3.79. The number of aromatic nitrogens is 4. The molecule has 0 atom stereocenters. The second kappa shape index (κ2) is 4.83. The molecule has 0 spiro atoms. The summed E-state index contributed by atoms with van der Waals surface area (Å²) in [7, 11) is 0. The molecule has 3 heterocycles. The minimum atomic E-state index is 0.128. The zero-order chi connectivity index (χ0) is 13.2. The summed E-state index contributed by atoms with van der Waals surface area (Å²) >= 11 is 0. The van der Waals surface area contributed by atoms with Crippen molar-refractivity contribution in [2.45, 2.75) is 26.3 Å². The Bertz CT molecular complexity index is 582. The molecule has 1 fully saturated rings. The van der Waals surface area contributed by atoms with E-state index < -0.39 is 0 Å². The maximum absolute atomic E-state index is 12.0. The third-order valence-electron chi connectivity index (χ3n) is 3.16. The van der Waals surface area contributed by atoms with Crippen molar-refractivity contribution < 1.29 is 9.32 Å². The lowest BCUT2D eigenvalue weighted by Gasteiger charge is -2.14. The highest BCUT2D eigenvalue weighted by Gasteiger charge is 2.18. The Balaban J connectivity index is 1.69. The molecule has 1 aliphatic heterocycles. The fraction of sp³-hybridized carbons (Fsp3) is 0.500. The van der Waals surface area contributed by atoms with E-state index in [-0.39, 0.29) is 5.91 Å². The van der Waals surface area contributed by atoms with Gasteiger partial charge in [0.15, 0.2) is 5.82 Å². The number of carbonyl (C=O) groups is 1. The lowest BCUT2D eigenvalue weighted by molar-refractivity contribution is -0.130. The first-order chi connectivity index (χ1) is 9.22. The number of rotatable bonds is 3. The molecule has 0 radical (unpaired) electrons. The van der Waals surface area contributed by atoms with Crippen LogP contribution in [0.4, 0.5) is 0 Å². The van der Waals surface area contributed by atoms with Gasteiger partial charge in [-0.3, -0.25) is 4.79 Å². The number of hydrogen-bond donors (Lipinski definition) is 0. The van der Waals surface area contributed by atoms with E-state index in [1.54, 1.807) is 24.0 Å². The third kappa shape index (κ3) is 2.49. The molecular formula is C12H15N5O2. The van der Waals surface area contributed by atoms with Crippen molar-refractivity contribution >= 4 is 5.91 Å². The third-order valence-corrected chi connectivity index (χ3v) is 3.16. The molecule has 7 heteroatoms. The van der Waals surface area contributed by atoms with Crippen molar-refractivity contribution in [2.24, 2.45) is 0 Å². The van der Waals surface area contributed by atoms with Crippen LogP contribution in [-0.4, -0.2) is 43.6 Å². The Morgan fingerprint density at radius 1 is 1.42 bits per heavy atom. The largest absolute Gasteiger partial charge is 0.341 e. The fourth-order valence-corrected chi connectivity index (χ4v) is 2.18. The molecule has 7 nitrogen and oxygen atoms in total. The normalized spacial score (nSPS) is 15.1. The maximum atomic E-state index is 12.0. The predicted molar refractivity (Wildman–Crippen MR) is 66.1 cm³/mol. The van der Waals surface area contributed by atoms with E-state index in [0.29, 0.717) is 24.0 Å². The Hall–Kier alpha value is -2.18. The molecule has 0 aromatic carbocycles. The van der Waals surface area contributed by atoms with Crippen molar-refractivity contribution in [3.63, 3.8) is 0 Å². The molecule has 3 rings (SSSR count). The smallest absolute Gasteiger partial charge is 0.278 e. The zero-order valence-corrected chi connectivity index (χ0v) is 10.7. The summed E-state index contributed by atoms with van der Waals surface area (Å²) in [6, 6.07) is 0. The number of likely N-dealkylation sites (tertiary alicyclic amines) is 1. The molecular weight excluding hydrogens is 246 g/mol. The van der Waals surface area contributed by atoms with Gasteiger partial charge in [0, 0.05) is 19.3 Å². The molecule has 0 aliphatic carbocycles. The van der Waals surface area contributed by atoms with Crippen LogP contribution in [0.3, 0.4) is 0 Å². The number of imidazole rings is 1. The van der Waals surface area contributed by atoms with Crippen LogP contribution >= 0.6 is 0 Å². The van der Waals surface area contributed by atoms with Gasteiger partial charge >= 0.3 is 0 Å². The Labute approximate surface area is 110 Å². The Kier molecular flexibility index (Phi) is 3.02. The van der Waals surface area contributed by atoms with Gasteiger partial charge in [0.05, 0.1) is 6.33 Å². The van der Waals surface area contributed by atoms with E-state index in [9.17, 15) is 4.79 Å². The van der Waals surface area contributed by atoms with Crippen LogP contribution < -0.4 is 0 Å². The number of aryl methyl sites for hydroxylation is 1. The molecule has 0 bridgehead atoms. The van der Waals surface area contributed by atoms with Gasteiger partial charge in [-0.05, 0) is 19.8 Å². The summed E-state index contributed by atoms with van der Waals surface area (Å²) in [5.74, 6) is 1.07. The zero-order valence-electron chi connectivity index (χ0n) is 10.7. The second-order valence-corrected chi connectivity index (χ2v) is 4.67. The number of nitrogens with zero attached hydrogens (tertiary/aromatic N) is 5. The summed E-state index contributed by atoms with van der Waals surface area (Å²) in [5.41, 5.74) is 0.592. The summed E-state index contributed by atoms with van der Waals surface area (Å²) in [6.07, 6.45) is 5.56. The standard InChI is InChI=1S/C12H15N5O2/c1-9-14-12(19-15-9)10-6-16(8-13-10)7-11(18)17-4-2-3-5-17/h6,8H,2-5,7H2,1H3. The van der Waals surface area contributed by atoms with E-state index in [2.05, 4.69) is 15.1 Å². The quantitative estimate of drug-likeness (QED) is 0.819. The average Bonchev–Trinajstić information content (AvgIpc) is 3.07. The van der Waals surface area contributed by atoms with Crippen molar-refractivity contribution in [2.75, 3.05) is 13.1 Å². The van der Waals surface area contributed by atoms with Crippen LogP contribution in [0.15, 0.2) is 17.0 Å². The number of amides is 1. The predicted octanol–water partition coefficient (Wildman–Crippen LogP) is 0.864. The van der Waals surface area contributed by atoms with Crippen LogP contribution in [-0.2, 0) is 11.3 Å². The first kappa shape index (κ1) is 11.9. The first-order valence-electron chi connectivity index (χ1n) is 6.32. The van der Waals surface area contributed by atoms with E-state index >= 15 is 0 Å². The van der Waals surface area contributed by atoms with Crippen LogP contribution in [0.1, 0.15) is 18.7 Å². The Morgan fingerprint density at radius 2 is 2.21 bits per heavy atom. The van der Waals surface area contributed by atoms with Gasteiger partial charge in [0.25, 0.3) is 5.89 Å². The van der Waals surface area contributed by atoms with E-state index in [1.165, 1.54) is 0 Å². The topological polar surface area (TPSA) is 77.0 Å². The number of hydrogen-bond acceptors (Lipinski definition) is 5. The molecule has 1 saturated heterocycles. The van der Waals surface area contributed by atoms with E-state index in [1.807, 2.05) is 4.90 Å². The monoisotopic (exact) mass is 261 g/mol. The molecule has 0 N–H and O–H groups in total. The van der Waals surface area contributed by atoms with Gasteiger partial charge in [-0.25, -0.2) is 4.98 Å². The molecule has 19 heavy (non-hydrogen) atoms. The van der Waals surface area contributed by atoms with E-state index in [0.717, 1.165) is 25.9 Å². The SMILES string of the molecule is Cc1noc(-c2cn(CC(=O)N3CCCC3)cn2)n1. The lowest BCUT2D eigenvalue weighted by atomic mass is 10.4. The van der Waals surface area contributed by atoms with E-state index in [4.69, 9.17) is 4.52 Å². The second-order valence-electron chi connectivity index (χ2n) is 4.67. The molecule has 0 saturated carbocycles. The average molecular weight is 261 g/mol.